The predicted molar refractivity (Wildman–Crippen MR) is 74.3 cm³/mol. The van der Waals surface area contributed by atoms with E-state index in [0.717, 1.165) is 23.5 Å². The number of nitrogens with two attached hydrogens (primary N) is 1. The van der Waals surface area contributed by atoms with Crippen LogP contribution in [0, 0.1) is 19.3 Å². The van der Waals surface area contributed by atoms with Crippen molar-refractivity contribution in [3.63, 3.8) is 0 Å². The largest absolute Gasteiger partial charge is 0.319 e. The zero-order valence-electron chi connectivity index (χ0n) is 11.5. The van der Waals surface area contributed by atoms with Gasteiger partial charge in [0, 0.05) is 4.88 Å². The molecule has 0 aliphatic heterocycles. The molecule has 0 amide bonds. The van der Waals surface area contributed by atoms with E-state index in [4.69, 9.17) is 5.73 Å². The summed E-state index contributed by atoms with van der Waals surface area (Å²) >= 11 is 1.79. The molecule has 0 saturated heterocycles. The molecule has 1 atom stereocenters. The monoisotopic (exact) mass is 252 g/mol. The van der Waals surface area contributed by atoms with E-state index >= 15 is 0 Å². The molecule has 1 aliphatic rings. The molecule has 1 heterocycles. The molecule has 1 fully saturated rings. The van der Waals surface area contributed by atoms with E-state index in [-0.39, 0.29) is 5.54 Å². The highest BCUT2D eigenvalue weighted by Crippen LogP contribution is 2.42. The maximum atomic E-state index is 6.63. The van der Waals surface area contributed by atoms with Crippen molar-refractivity contribution in [2.75, 3.05) is 0 Å². The van der Waals surface area contributed by atoms with Gasteiger partial charge in [-0.05, 0) is 44.9 Å². The minimum Gasteiger partial charge on any atom is -0.319 e. The Morgan fingerprint density at radius 1 is 1.12 bits per heavy atom. The van der Waals surface area contributed by atoms with Crippen LogP contribution >= 0.6 is 11.3 Å². The van der Waals surface area contributed by atoms with Crippen LogP contribution < -0.4 is 5.73 Å². The molecular formula is C14H24N2S. The van der Waals surface area contributed by atoms with Gasteiger partial charge in [0.25, 0.3) is 0 Å². The van der Waals surface area contributed by atoms with Gasteiger partial charge in [0.2, 0.25) is 0 Å². The number of aromatic nitrogens is 1. The zero-order chi connectivity index (χ0) is 12.7. The van der Waals surface area contributed by atoms with Crippen LogP contribution in [0.2, 0.25) is 0 Å². The quantitative estimate of drug-likeness (QED) is 0.770. The summed E-state index contributed by atoms with van der Waals surface area (Å²) in [5.74, 6) is 0. The summed E-state index contributed by atoms with van der Waals surface area (Å²) in [6, 6.07) is 0. The van der Waals surface area contributed by atoms with Gasteiger partial charge in [0.05, 0.1) is 11.2 Å². The Labute approximate surface area is 109 Å². The Bertz CT molecular complexity index is 389. The second kappa shape index (κ2) is 4.36. The first-order valence-electron chi connectivity index (χ1n) is 6.56. The van der Waals surface area contributed by atoms with Crippen molar-refractivity contribution < 1.29 is 0 Å². The highest BCUT2D eigenvalue weighted by molar-refractivity contribution is 7.11. The zero-order valence-corrected chi connectivity index (χ0v) is 12.3. The number of nitrogens with zero attached hydrogens (tertiary/aromatic N) is 1. The van der Waals surface area contributed by atoms with Crippen LogP contribution in [0.3, 0.4) is 0 Å². The molecule has 96 valence electrons. The number of hydrogen-bond acceptors (Lipinski definition) is 3. The second-order valence-corrected chi connectivity index (χ2v) is 7.54. The van der Waals surface area contributed by atoms with Crippen molar-refractivity contribution in [3.05, 3.63) is 15.6 Å². The summed E-state index contributed by atoms with van der Waals surface area (Å²) < 4.78 is 0. The van der Waals surface area contributed by atoms with E-state index in [1.807, 2.05) is 0 Å². The maximum absolute atomic E-state index is 6.63. The molecule has 1 saturated carbocycles. The van der Waals surface area contributed by atoms with E-state index in [9.17, 15) is 0 Å². The highest BCUT2D eigenvalue weighted by atomic mass is 32.1. The van der Waals surface area contributed by atoms with Crippen LogP contribution in [-0.2, 0) is 5.54 Å². The number of hydrogen-bond donors (Lipinski definition) is 1. The molecule has 3 heteroatoms. The van der Waals surface area contributed by atoms with E-state index in [2.05, 4.69) is 32.7 Å². The Kier molecular flexibility index (Phi) is 3.34. The van der Waals surface area contributed by atoms with Gasteiger partial charge in [-0.25, -0.2) is 4.98 Å². The van der Waals surface area contributed by atoms with Crippen LogP contribution in [0.1, 0.15) is 61.5 Å². The lowest BCUT2D eigenvalue weighted by molar-refractivity contribution is 0.299. The van der Waals surface area contributed by atoms with Gasteiger partial charge < -0.3 is 5.73 Å². The van der Waals surface area contributed by atoms with Gasteiger partial charge in [0.1, 0.15) is 5.01 Å². The summed E-state index contributed by atoms with van der Waals surface area (Å²) in [4.78, 5) is 6.00. The lowest BCUT2D eigenvalue weighted by Gasteiger charge is -2.27. The normalized spacial score (nSPS) is 29.0. The van der Waals surface area contributed by atoms with Gasteiger partial charge in [-0.1, -0.05) is 20.3 Å². The molecule has 1 aromatic heterocycles. The summed E-state index contributed by atoms with van der Waals surface area (Å²) in [7, 11) is 0. The topological polar surface area (TPSA) is 38.9 Å². The third kappa shape index (κ3) is 2.71. The first-order valence-corrected chi connectivity index (χ1v) is 7.37. The van der Waals surface area contributed by atoms with Gasteiger partial charge in [0.15, 0.2) is 0 Å². The van der Waals surface area contributed by atoms with Crippen LogP contribution in [0.5, 0.6) is 0 Å². The van der Waals surface area contributed by atoms with Crippen molar-refractivity contribution in [1.82, 2.24) is 4.98 Å². The number of thiazole rings is 1. The predicted octanol–water partition coefficient (Wildman–Crippen LogP) is 3.90. The lowest BCUT2D eigenvalue weighted by atomic mass is 9.84. The first kappa shape index (κ1) is 13.0. The standard InChI is InChI=1S/C14H24N2S/c1-10-11(2)17-12(16-10)14(15)7-5-6-13(3,4)8-9-14/h5-9,15H2,1-4H3. The highest BCUT2D eigenvalue weighted by Gasteiger charge is 2.36. The molecule has 2 nitrogen and oxygen atoms in total. The van der Waals surface area contributed by atoms with Gasteiger partial charge >= 0.3 is 0 Å². The van der Waals surface area contributed by atoms with Crippen LogP contribution in [0.25, 0.3) is 0 Å². The molecule has 0 bridgehead atoms. The second-order valence-electron chi connectivity index (χ2n) is 6.33. The molecule has 2 N–H and O–H groups in total. The number of rotatable bonds is 1. The molecule has 1 unspecified atom stereocenters. The Hall–Kier alpha value is -0.410. The minimum absolute atomic E-state index is 0.169. The SMILES string of the molecule is Cc1nc(C2(N)CCCC(C)(C)CC2)sc1C. The summed E-state index contributed by atoms with van der Waals surface area (Å²) in [6.45, 7) is 8.94. The van der Waals surface area contributed by atoms with Crippen molar-refractivity contribution in [2.45, 2.75) is 65.3 Å². The smallest absolute Gasteiger partial charge is 0.113 e. The summed E-state index contributed by atoms with van der Waals surface area (Å²) in [5, 5.41) is 1.16. The van der Waals surface area contributed by atoms with Crippen molar-refractivity contribution in [2.24, 2.45) is 11.1 Å². The Morgan fingerprint density at radius 3 is 2.41 bits per heavy atom. The molecular weight excluding hydrogens is 228 g/mol. The summed E-state index contributed by atoms with van der Waals surface area (Å²) in [5.41, 5.74) is 8.06. The molecule has 2 rings (SSSR count). The van der Waals surface area contributed by atoms with E-state index in [1.165, 1.54) is 24.1 Å². The van der Waals surface area contributed by atoms with Crippen LogP contribution in [-0.4, -0.2) is 4.98 Å². The van der Waals surface area contributed by atoms with E-state index in [1.54, 1.807) is 11.3 Å². The van der Waals surface area contributed by atoms with Crippen molar-refractivity contribution in [3.8, 4) is 0 Å². The molecule has 0 radical (unpaired) electrons. The average molecular weight is 252 g/mol. The van der Waals surface area contributed by atoms with E-state index in [0.29, 0.717) is 5.41 Å². The fourth-order valence-corrected chi connectivity index (χ4v) is 3.67. The third-order valence-corrected chi connectivity index (χ3v) is 5.47. The van der Waals surface area contributed by atoms with Gasteiger partial charge in [-0.15, -0.1) is 11.3 Å². The molecule has 0 spiro atoms. The molecule has 1 aliphatic carbocycles. The Balaban J connectivity index is 2.24. The van der Waals surface area contributed by atoms with Crippen molar-refractivity contribution >= 4 is 11.3 Å². The Morgan fingerprint density at radius 2 is 1.82 bits per heavy atom. The van der Waals surface area contributed by atoms with Crippen molar-refractivity contribution in [1.29, 1.82) is 0 Å². The van der Waals surface area contributed by atoms with Crippen LogP contribution in [0.4, 0.5) is 0 Å². The lowest BCUT2D eigenvalue weighted by Crippen LogP contribution is -2.36. The average Bonchev–Trinajstić information content (AvgIpc) is 2.49. The number of aryl methyl sites for hydroxylation is 2. The third-order valence-electron chi connectivity index (χ3n) is 4.18. The van der Waals surface area contributed by atoms with E-state index < -0.39 is 0 Å². The molecule has 17 heavy (non-hydrogen) atoms. The maximum Gasteiger partial charge on any atom is 0.113 e. The fraction of sp³-hybridized carbons (Fsp3) is 0.786. The fourth-order valence-electron chi connectivity index (χ4n) is 2.59. The van der Waals surface area contributed by atoms with Gasteiger partial charge in [-0.3, -0.25) is 0 Å². The van der Waals surface area contributed by atoms with Crippen LogP contribution in [0.15, 0.2) is 0 Å². The molecule has 1 aromatic rings. The first-order chi connectivity index (χ1) is 7.82. The molecule has 0 aromatic carbocycles. The minimum atomic E-state index is -0.169. The summed E-state index contributed by atoms with van der Waals surface area (Å²) in [6.07, 6.45) is 5.88. The van der Waals surface area contributed by atoms with Gasteiger partial charge in [-0.2, -0.15) is 0 Å².